The zero-order valence-electron chi connectivity index (χ0n) is 9.95. The van der Waals surface area contributed by atoms with Gasteiger partial charge in [-0.1, -0.05) is 33.6 Å². The molecule has 1 rings (SSSR count). The maximum absolute atomic E-state index is 11.5. The zero-order valence-corrected chi connectivity index (χ0v) is 10.8. The van der Waals surface area contributed by atoms with Gasteiger partial charge in [-0.3, -0.25) is 4.79 Å². The smallest absolute Gasteiger partial charge is 0.311 e. The molecule has 2 unspecified atom stereocenters. The largest absolute Gasteiger partial charge is 0.481 e. The molecule has 1 aliphatic rings. The molecule has 0 aromatic heterocycles. The summed E-state index contributed by atoms with van der Waals surface area (Å²) < 4.78 is 0. The molecule has 2 nitrogen and oxygen atoms in total. The number of carboxylic acid groups (broad SMARTS) is 1. The summed E-state index contributed by atoms with van der Waals surface area (Å²) in [6.07, 6.45) is 4.22. The Morgan fingerprint density at radius 1 is 1.60 bits per heavy atom. The molecule has 1 fully saturated rings. The highest BCUT2D eigenvalue weighted by molar-refractivity contribution is 8.00. The first kappa shape index (κ1) is 12.9. The Hall–Kier alpha value is -0.180. The van der Waals surface area contributed by atoms with Crippen molar-refractivity contribution in [1.82, 2.24) is 0 Å². The highest BCUT2D eigenvalue weighted by Crippen LogP contribution is 2.50. The van der Waals surface area contributed by atoms with Crippen molar-refractivity contribution >= 4 is 17.7 Å². The van der Waals surface area contributed by atoms with E-state index in [-0.39, 0.29) is 5.92 Å². The van der Waals surface area contributed by atoms with E-state index in [0.29, 0.717) is 5.25 Å². The topological polar surface area (TPSA) is 37.3 Å². The Kier molecular flexibility index (Phi) is 4.50. The molecule has 1 heterocycles. The fraction of sp³-hybridized carbons (Fsp3) is 0.917. The van der Waals surface area contributed by atoms with Crippen molar-refractivity contribution in [3.05, 3.63) is 0 Å². The highest BCUT2D eigenvalue weighted by Gasteiger charge is 2.51. The van der Waals surface area contributed by atoms with Gasteiger partial charge in [-0.05, 0) is 24.5 Å². The van der Waals surface area contributed by atoms with Gasteiger partial charge in [0.2, 0.25) is 0 Å². The minimum atomic E-state index is -0.580. The van der Waals surface area contributed by atoms with Crippen molar-refractivity contribution < 1.29 is 9.90 Å². The van der Waals surface area contributed by atoms with Crippen molar-refractivity contribution in [3.8, 4) is 0 Å². The van der Waals surface area contributed by atoms with Gasteiger partial charge in [-0.2, -0.15) is 11.8 Å². The van der Waals surface area contributed by atoms with Crippen LogP contribution in [0, 0.1) is 11.3 Å². The van der Waals surface area contributed by atoms with Gasteiger partial charge in [0.25, 0.3) is 0 Å². The van der Waals surface area contributed by atoms with Crippen LogP contribution in [0.2, 0.25) is 0 Å². The number of rotatable bonds is 5. The molecule has 0 radical (unpaired) electrons. The Bertz CT molecular complexity index is 228. The van der Waals surface area contributed by atoms with Gasteiger partial charge in [0.1, 0.15) is 0 Å². The third-order valence-corrected chi connectivity index (χ3v) is 5.16. The summed E-state index contributed by atoms with van der Waals surface area (Å²) in [6.45, 7) is 6.27. The second kappa shape index (κ2) is 5.24. The quantitative estimate of drug-likeness (QED) is 0.786. The van der Waals surface area contributed by atoms with Gasteiger partial charge in [-0.15, -0.1) is 0 Å². The zero-order chi connectivity index (χ0) is 11.5. The van der Waals surface area contributed by atoms with Crippen LogP contribution in [0.3, 0.4) is 0 Å². The summed E-state index contributed by atoms with van der Waals surface area (Å²) in [5.41, 5.74) is -0.458. The molecule has 0 saturated carbocycles. The summed E-state index contributed by atoms with van der Waals surface area (Å²) in [5, 5.41) is 9.82. The van der Waals surface area contributed by atoms with Crippen LogP contribution < -0.4 is 0 Å². The first-order valence-electron chi connectivity index (χ1n) is 5.90. The normalized spacial score (nSPS) is 31.1. The van der Waals surface area contributed by atoms with Crippen molar-refractivity contribution in [3.63, 3.8) is 0 Å². The predicted molar refractivity (Wildman–Crippen MR) is 65.3 cm³/mol. The molecule has 0 spiro atoms. The van der Waals surface area contributed by atoms with Gasteiger partial charge in [0.05, 0.1) is 5.41 Å². The summed E-state index contributed by atoms with van der Waals surface area (Å²) in [4.78, 5) is 11.5. The molecule has 15 heavy (non-hydrogen) atoms. The lowest BCUT2D eigenvalue weighted by molar-refractivity contribution is -0.151. The van der Waals surface area contributed by atoms with E-state index in [9.17, 15) is 9.90 Å². The molecule has 0 amide bonds. The molecule has 1 saturated heterocycles. The fourth-order valence-corrected chi connectivity index (χ4v) is 4.42. The Morgan fingerprint density at radius 2 is 2.27 bits per heavy atom. The van der Waals surface area contributed by atoms with Crippen molar-refractivity contribution in [2.75, 3.05) is 5.75 Å². The minimum absolute atomic E-state index is 0.242. The van der Waals surface area contributed by atoms with Crippen LogP contribution in [0.15, 0.2) is 0 Å². The van der Waals surface area contributed by atoms with E-state index < -0.39 is 11.4 Å². The van der Waals surface area contributed by atoms with Crippen LogP contribution in [0.25, 0.3) is 0 Å². The van der Waals surface area contributed by atoms with E-state index in [2.05, 4.69) is 20.8 Å². The van der Waals surface area contributed by atoms with Crippen molar-refractivity contribution in [2.24, 2.45) is 11.3 Å². The monoisotopic (exact) mass is 230 g/mol. The molecule has 1 aliphatic heterocycles. The number of carboxylic acids is 1. The Balaban J connectivity index is 2.80. The maximum atomic E-state index is 11.5. The van der Waals surface area contributed by atoms with Gasteiger partial charge >= 0.3 is 5.97 Å². The van der Waals surface area contributed by atoms with E-state index in [1.165, 1.54) is 0 Å². The van der Waals surface area contributed by atoms with Crippen LogP contribution >= 0.6 is 11.8 Å². The average molecular weight is 230 g/mol. The number of hydrogen-bond acceptors (Lipinski definition) is 2. The number of aliphatic carboxylic acids is 1. The lowest BCUT2D eigenvalue weighted by Crippen LogP contribution is -2.42. The summed E-state index contributed by atoms with van der Waals surface area (Å²) in [5.74, 6) is 0.675. The number of thioether (sulfide) groups is 1. The standard InChI is InChI=1S/C12H22O2S/c1-4-5-6-10-12(9(2)3,11(13)14)7-8-15-10/h9-10H,4-8H2,1-3H3,(H,13,14). The van der Waals surface area contributed by atoms with Gasteiger partial charge in [-0.25, -0.2) is 0 Å². The first-order chi connectivity index (χ1) is 7.05. The minimum Gasteiger partial charge on any atom is -0.481 e. The molecule has 1 N–H and O–H groups in total. The number of unbranched alkanes of at least 4 members (excludes halogenated alkanes) is 1. The summed E-state index contributed by atoms with van der Waals surface area (Å²) in [6, 6.07) is 0. The van der Waals surface area contributed by atoms with Crippen molar-refractivity contribution in [1.29, 1.82) is 0 Å². The van der Waals surface area contributed by atoms with E-state index in [0.717, 1.165) is 31.4 Å². The molecular formula is C12H22O2S. The summed E-state index contributed by atoms with van der Waals surface area (Å²) in [7, 11) is 0. The van der Waals surface area contributed by atoms with Gasteiger partial charge in [0.15, 0.2) is 0 Å². The predicted octanol–water partition coefficient (Wildman–Crippen LogP) is 3.41. The highest BCUT2D eigenvalue weighted by atomic mass is 32.2. The second-order valence-corrected chi connectivity index (χ2v) is 6.06. The molecular weight excluding hydrogens is 208 g/mol. The van der Waals surface area contributed by atoms with E-state index >= 15 is 0 Å². The molecule has 0 bridgehead atoms. The van der Waals surface area contributed by atoms with Crippen LogP contribution in [0.5, 0.6) is 0 Å². The SMILES string of the molecule is CCCCC1SCCC1(C(=O)O)C(C)C. The fourth-order valence-electron chi connectivity index (χ4n) is 2.56. The van der Waals surface area contributed by atoms with Crippen LogP contribution in [0.4, 0.5) is 0 Å². The first-order valence-corrected chi connectivity index (χ1v) is 6.95. The van der Waals surface area contributed by atoms with Crippen LogP contribution in [-0.4, -0.2) is 22.1 Å². The van der Waals surface area contributed by atoms with Gasteiger partial charge < -0.3 is 5.11 Å². The second-order valence-electron chi connectivity index (χ2n) is 4.75. The van der Waals surface area contributed by atoms with Crippen LogP contribution in [0.1, 0.15) is 46.5 Å². The molecule has 2 atom stereocenters. The molecule has 0 aromatic rings. The third-order valence-electron chi connectivity index (χ3n) is 3.66. The van der Waals surface area contributed by atoms with E-state index in [4.69, 9.17) is 0 Å². The van der Waals surface area contributed by atoms with Crippen molar-refractivity contribution in [2.45, 2.75) is 51.7 Å². The van der Waals surface area contributed by atoms with Crippen LogP contribution in [-0.2, 0) is 4.79 Å². The third kappa shape index (κ3) is 2.32. The number of carbonyl (C=O) groups is 1. The lowest BCUT2D eigenvalue weighted by atomic mass is 9.71. The van der Waals surface area contributed by atoms with E-state index in [1.54, 1.807) is 0 Å². The average Bonchev–Trinajstić information content (AvgIpc) is 2.58. The lowest BCUT2D eigenvalue weighted by Gasteiger charge is -2.34. The maximum Gasteiger partial charge on any atom is 0.311 e. The van der Waals surface area contributed by atoms with Gasteiger partial charge in [0, 0.05) is 5.25 Å². The van der Waals surface area contributed by atoms with E-state index in [1.807, 2.05) is 11.8 Å². The number of hydrogen-bond donors (Lipinski definition) is 1. The summed E-state index contributed by atoms with van der Waals surface area (Å²) >= 11 is 1.87. The Labute approximate surface area is 96.8 Å². The molecule has 0 aliphatic carbocycles. The molecule has 88 valence electrons. The molecule has 0 aromatic carbocycles. The molecule has 3 heteroatoms. The Morgan fingerprint density at radius 3 is 2.73 bits per heavy atom.